The van der Waals surface area contributed by atoms with E-state index in [1.807, 2.05) is 38.3 Å². The summed E-state index contributed by atoms with van der Waals surface area (Å²) in [4.78, 5) is 22.8. The highest BCUT2D eigenvalue weighted by atomic mass is 32.1. The predicted molar refractivity (Wildman–Crippen MR) is 101 cm³/mol. The van der Waals surface area contributed by atoms with E-state index >= 15 is 0 Å². The van der Waals surface area contributed by atoms with Crippen LogP contribution in [0.4, 0.5) is 4.79 Å². The Hall–Kier alpha value is -1.99. The number of aromatic nitrogens is 2. The Kier molecular flexibility index (Phi) is 5.88. The second-order valence-corrected chi connectivity index (χ2v) is 8.24. The van der Waals surface area contributed by atoms with Gasteiger partial charge >= 0.3 is 6.09 Å². The third-order valence-electron chi connectivity index (χ3n) is 4.00. The van der Waals surface area contributed by atoms with Crippen molar-refractivity contribution in [3.8, 4) is 11.3 Å². The zero-order valence-electron chi connectivity index (χ0n) is 15.5. The number of carbonyl (C=O) groups excluding carboxylic acids is 1. The molecule has 1 aliphatic rings. The molecule has 0 aliphatic carbocycles. The van der Waals surface area contributed by atoms with Crippen molar-refractivity contribution in [2.45, 2.75) is 58.5 Å². The number of hydrogen-bond donors (Lipinski definition) is 0. The number of hydrogen-bond acceptors (Lipinski definition) is 6. The summed E-state index contributed by atoms with van der Waals surface area (Å²) in [6, 6.07) is 3.87. The Morgan fingerprint density at radius 3 is 2.81 bits per heavy atom. The van der Waals surface area contributed by atoms with Crippen LogP contribution in [0, 0.1) is 0 Å². The predicted octanol–water partition coefficient (Wildman–Crippen LogP) is 4.47. The number of carbonyl (C=O) groups is 1. The van der Waals surface area contributed by atoms with E-state index in [-0.39, 0.29) is 12.3 Å². The number of likely N-dealkylation sites (tertiary alicyclic amines) is 1. The number of nitrogens with zero attached hydrogens (tertiary/aromatic N) is 3. The first-order valence-corrected chi connectivity index (χ1v) is 9.76. The summed E-state index contributed by atoms with van der Waals surface area (Å²) in [5.74, 6) is 0. The molecule has 0 bridgehead atoms. The molecule has 1 amide bonds. The maximum absolute atomic E-state index is 12.4. The lowest BCUT2D eigenvalue weighted by Crippen LogP contribution is -2.47. The van der Waals surface area contributed by atoms with Gasteiger partial charge in [0.2, 0.25) is 0 Å². The lowest BCUT2D eigenvalue weighted by molar-refractivity contribution is -0.0897. The molecule has 0 radical (unpaired) electrons. The number of thiazole rings is 1. The van der Waals surface area contributed by atoms with Crippen LogP contribution in [0.25, 0.3) is 11.3 Å². The highest BCUT2D eigenvalue weighted by molar-refractivity contribution is 7.09. The minimum atomic E-state index is -0.506. The molecule has 0 saturated carbocycles. The first-order chi connectivity index (χ1) is 12.4. The molecule has 1 unspecified atom stereocenters. The van der Waals surface area contributed by atoms with E-state index in [4.69, 9.17) is 9.47 Å². The van der Waals surface area contributed by atoms with Gasteiger partial charge in [-0.25, -0.2) is 9.78 Å². The fraction of sp³-hybridized carbons (Fsp3) is 0.526. The summed E-state index contributed by atoms with van der Waals surface area (Å²) in [6.07, 6.45) is 5.79. The molecule has 2 aromatic rings. The summed E-state index contributed by atoms with van der Waals surface area (Å²) in [5, 5.41) is 2.91. The van der Waals surface area contributed by atoms with E-state index in [1.165, 1.54) is 0 Å². The van der Waals surface area contributed by atoms with Gasteiger partial charge in [0, 0.05) is 29.9 Å². The van der Waals surface area contributed by atoms with Gasteiger partial charge in [-0.3, -0.25) is 9.88 Å². The highest BCUT2D eigenvalue weighted by Gasteiger charge is 2.31. The summed E-state index contributed by atoms with van der Waals surface area (Å²) >= 11 is 1.56. The molecule has 1 aliphatic heterocycles. The van der Waals surface area contributed by atoms with Crippen LogP contribution in [-0.4, -0.2) is 39.3 Å². The summed E-state index contributed by atoms with van der Waals surface area (Å²) < 4.78 is 11.5. The molecule has 1 saturated heterocycles. The lowest BCUT2D eigenvalue weighted by Gasteiger charge is -2.36. The first-order valence-electron chi connectivity index (χ1n) is 8.88. The topological polar surface area (TPSA) is 64.5 Å². The smallest absolute Gasteiger partial charge is 0.412 e. The lowest BCUT2D eigenvalue weighted by atomic mass is 10.1. The van der Waals surface area contributed by atoms with Crippen molar-refractivity contribution in [3.63, 3.8) is 0 Å². The molecule has 3 heterocycles. The molecule has 1 fully saturated rings. The van der Waals surface area contributed by atoms with Gasteiger partial charge in [-0.2, -0.15) is 0 Å². The average Bonchev–Trinajstić information content (AvgIpc) is 3.08. The maximum atomic E-state index is 12.4. The second kappa shape index (κ2) is 8.14. The molecule has 3 rings (SSSR count). The minimum absolute atomic E-state index is 0.258. The Bertz CT molecular complexity index is 727. The molecule has 0 N–H and O–H groups in total. The molecule has 140 valence electrons. The van der Waals surface area contributed by atoms with Crippen molar-refractivity contribution >= 4 is 17.4 Å². The van der Waals surface area contributed by atoms with Crippen LogP contribution in [0.1, 0.15) is 45.0 Å². The first kappa shape index (κ1) is 18.8. The average molecular weight is 375 g/mol. The highest BCUT2D eigenvalue weighted by Crippen LogP contribution is 2.25. The number of ether oxygens (including phenoxy) is 2. The zero-order valence-corrected chi connectivity index (χ0v) is 16.3. The maximum Gasteiger partial charge on any atom is 0.412 e. The summed E-state index contributed by atoms with van der Waals surface area (Å²) in [7, 11) is 0. The third-order valence-corrected chi connectivity index (χ3v) is 4.83. The van der Waals surface area contributed by atoms with E-state index in [9.17, 15) is 4.79 Å². The van der Waals surface area contributed by atoms with Gasteiger partial charge in [-0.1, -0.05) is 0 Å². The number of pyridine rings is 1. The molecule has 2 aromatic heterocycles. The van der Waals surface area contributed by atoms with E-state index in [0.29, 0.717) is 13.2 Å². The Balaban J connectivity index is 1.60. The largest absolute Gasteiger partial charge is 0.444 e. The molecule has 26 heavy (non-hydrogen) atoms. The zero-order chi connectivity index (χ0) is 18.6. The number of amides is 1. The van der Waals surface area contributed by atoms with Crippen LogP contribution in [-0.2, 0) is 16.1 Å². The van der Waals surface area contributed by atoms with Crippen molar-refractivity contribution in [1.82, 2.24) is 14.9 Å². The van der Waals surface area contributed by atoms with Crippen molar-refractivity contribution in [2.75, 3.05) is 6.54 Å². The number of rotatable bonds is 4. The minimum Gasteiger partial charge on any atom is -0.444 e. The number of piperidine rings is 1. The van der Waals surface area contributed by atoms with Crippen LogP contribution in [0.15, 0.2) is 29.9 Å². The van der Waals surface area contributed by atoms with Gasteiger partial charge in [0.15, 0.2) is 0 Å². The normalized spacial score (nSPS) is 18.0. The van der Waals surface area contributed by atoms with E-state index < -0.39 is 5.60 Å². The van der Waals surface area contributed by atoms with E-state index in [0.717, 1.165) is 35.5 Å². The molecule has 0 aromatic carbocycles. The van der Waals surface area contributed by atoms with Gasteiger partial charge in [0.25, 0.3) is 0 Å². The van der Waals surface area contributed by atoms with Crippen LogP contribution in [0.3, 0.4) is 0 Å². The fourth-order valence-corrected chi connectivity index (χ4v) is 3.53. The van der Waals surface area contributed by atoms with Crippen LogP contribution < -0.4 is 0 Å². The Morgan fingerprint density at radius 2 is 2.08 bits per heavy atom. The molecule has 6 nitrogen and oxygen atoms in total. The van der Waals surface area contributed by atoms with Gasteiger partial charge in [0.05, 0.1) is 5.69 Å². The quantitative estimate of drug-likeness (QED) is 0.789. The molecule has 1 atom stereocenters. The third kappa shape index (κ3) is 5.02. The van der Waals surface area contributed by atoms with Gasteiger partial charge in [-0.05, 0) is 52.2 Å². The molecule has 7 heteroatoms. The molecular weight excluding hydrogens is 350 g/mol. The SMILES string of the molecule is CC(C)(C)OC(=O)N1CCCCC1OCc1nc(-c2ccncc2)cs1. The van der Waals surface area contributed by atoms with Gasteiger partial charge in [-0.15, -0.1) is 11.3 Å². The van der Waals surface area contributed by atoms with Crippen molar-refractivity contribution < 1.29 is 14.3 Å². The molecular formula is C19H25N3O3S. The van der Waals surface area contributed by atoms with Crippen molar-refractivity contribution in [3.05, 3.63) is 34.9 Å². The van der Waals surface area contributed by atoms with Crippen LogP contribution >= 0.6 is 11.3 Å². The van der Waals surface area contributed by atoms with Crippen LogP contribution in [0.2, 0.25) is 0 Å². The van der Waals surface area contributed by atoms with Crippen molar-refractivity contribution in [2.24, 2.45) is 0 Å². The fourth-order valence-electron chi connectivity index (χ4n) is 2.80. The Labute approximate surface area is 158 Å². The van der Waals surface area contributed by atoms with Gasteiger partial charge in [0.1, 0.15) is 23.4 Å². The monoisotopic (exact) mass is 375 g/mol. The summed E-state index contributed by atoms with van der Waals surface area (Å²) in [5.41, 5.74) is 1.45. The van der Waals surface area contributed by atoms with Gasteiger partial charge < -0.3 is 9.47 Å². The standard InChI is InChI=1S/C19H25N3O3S/c1-19(2,3)25-18(23)22-11-5-4-6-17(22)24-12-16-21-15(13-26-16)14-7-9-20-10-8-14/h7-10,13,17H,4-6,11-12H2,1-3H3. The Morgan fingerprint density at radius 1 is 1.31 bits per heavy atom. The second-order valence-electron chi connectivity index (χ2n) is 7.30. The van der Waals surface area contributed by atoms with Crippen LogP contribution in [0.5, 0.6) is 0 Å². The molecule has 0 spiro atoms. The van der Waals surface area contributed by atoms with E-state index in [2.05, 4.69) is 9.97 Å². The van der Waals surface area contributed by atoms with E-state index in [1.54, 1.807) is 28.6 Å². The summed E-state index contributed by atoms with van der Waals surface area (Å²) in [6.45, 7) is 6.68. The van der Waals surface area contributed by atoms with Crippen molar-refractivity contribution in [1.29, 1.82) is 0 Å².